The molecule has 2 fully saturated rings. The normalized spacial score (nSPS) is 26.6. The van der Waals surface area contributed by atoms with E-state index in [-0.39, 0.29) is 0 Å². The van der Waals surface area contributed by atoms with Gasteiger partial charge in [0.2, 0.25) is 0 Å². The first-order valence-electron chi connectivity index (χ1n) is 9.32. The molecule has 1 aromatic carbocycles. The fourth-order valence-corrected chi connectivity index (χ4v) is 5.26. The molecular formula is C20H24N4S. The summed E-state index contributed by atoms with van der Waals surface area (Å²) < 4.78 is 1.29. The molecule has 1 N–H and O–H groups in total. The zero-order valence-corrected chi connectivity index (χ0v) is 15.4. The molecule has 0 unspecified atom stereocenters. The molecule has 0 bridgehead atoms. The first-order chi connectivity index (χ1) is 12.3. The Morgan fingerprint density at radius 3 is 2.84 bits per heavy atom. The number of allylic oxidation sites excluding steroid dienone is 3. The Bertz CT molecular complexity index is 840. The van der Waals surface area contributed by atoms with Crippen LogP contribution >= 0.6 is 11.3 Å². The second-order valence-electron chi connectivity index (χ2n) is 7.44. The molecule has 3 heterocycles. The van der Waals surface area contributed by atoms with Crippen molar-refractivity contribution in [3.63, 3.8) is 0 Å². The van der Waals surface area contributed by atoms with Crippen LogP contribution in [-0.2, 0) is 0 Å². The average molecular weight is 353 g/mol. The van der Waals surface area contributed by atoms with Gasteiger partial charge in [0.1, 0.15) is 0 Å². The van der Waals surface area contributed by atoms with Crippen molar-refractivity contribution in [2.24, 2.45) is 0 Å². The van der Waals surface area contributed by atoms with E-state index in [1.807, 2.05) is 11.3 Å². The molecule has 25 heavy (non-hydrogen) atoms. The fourth-order valence-electron chi connectivity index (χ4n) is 4.14. The Balaban J connectivity index is 1.32. The number of benzene rings is 1. The van der Waals surface area contributed by atoms with E-state index in [1.165, 1.54) is 48.5 Å². The molecule has 0 radical (unpaired) electrons. The molecule has 0 atom stereocenters. The smallest absolute Gasteiger partial charge is 0.0970 e. The van der Waals surface area contributed by atoms with Gasteiger partial charge in [-0.1, -0.05) is 0 Å². The SMILES string of the molecule is CC1=CC=CN(c2ccc3nc(C4CC(N5CCCC5)C4)sc3c2)N1. The lowest BCUT2D eigenvalue weighted by Crippen LogP contribution is -2.42. The zero-order chi connectivity index (χ0) is 16.8. The summed E-state index contributed by atoms with van der Waals surface area (Å²) in [6.45, 7) is 4.70. The highest BCUT2D eigenvalue weighted by Gasteiger charge is 2.37. The molecule has 1 aliphatic carbocycles. The second kappa shape index (κ2) is 6.15. The maximum absolute atomic E-state index is 4.93. The predicted molar refractivity (Wildman–Crippen MR) is 105 cm³/mol. The minimum atomic E-state index is 0.671. The molecule has 5 rings (SSSR count). The van der Waals surface area contributed by atoms with E-state index in [1.54, 1.807) is 0 Å². The molecule has 4 nitrogen and oxygen atoms in total. The first kappa shape index (κ1) is 15.4. The second-order valence-corrected chi connectivity index (χ2v) is 8.50. The number of likely N-dealkylation sites (tertiary alicyclic amines) is 1. The van der Waals surface area contributed by atoms with Crippen molar-refractivity contribution >= 4 is 27.2 Å². The summed E-state index contributed by atoms with van der Waals surface area (Å²) >= 11 is 1.88. The van der Waals surface area contributed by atoms with Crippen LogP contribution in [0.15, 0.2) is 42.2 Å². The van der Waals surface area contributed by atoms with Crippen LogP contribution in [0.4, 0.5) is 5.69 Å². The van der Waals surface area contributed by atoms with Crippen LogP contribution in [0.3, 0.4) is 0 Å². The van der Waals surface area contributed by atoms with Crippen LogP contribution in [0.25, 0.3) is 10.2 Å². The van der Waals surface area contributed by atoms with E-state index >= 15 is 0 Å². The largest absolute Gasteiger partial charge is 0.300 e. The summed E-state index contributed by atoms with van der Waals surface area (Å²) in [5.74, 6) is 0.671. The number of rotatable bonds is 3. The number of thiazole rings is 1. The Morgan fingerprint density at radius 1 is 1.20 bits per heavy atom. The number of hydrazine groups is 1. The molecule has 1 saturated carbocycles. The van der Waals surface area contributed by atoms with E-state index < -0.39 is 0 Å². The highest BCUT2D eigenvalue weighted by Crippen LogP contribution is 2.43. The van der Waals surface area contributed by atoms with E-state index in [2.05, 4.69) is 58.8 Å². The molecule has 1 aromatic heterocycles. The van der Waals surface area contributed by atoms with Gasteiger partial charge in [-0.05, 0) is 76.0 Å². The molecule has 130 valence electrons. The standard InChI is InChI=1S/C20H24N4S/c1-14-5-4-10-24(22-14)16-6-7-18-19(13-16)25-20(21-18)15-11-17(12-15)23-8-2-3-9-23/h4-7,10,13,15,17,22H,2-3,8-9,11-12H2,1H3. The Labute approximate surface area is 152 Å². The number of hydrogen-bond donors (Lipinski definition) is 1. The monoisotopic (exact) mass is 352 g/mol. The molecule has 1 saturated heterocycles. The van der Waals surface area contributed by atoms with Gasteiger partial charge in [-0.15, -0.1) is 11.3 Å². The Kier molecular flexibility index (Phi) is 3.79. The lowest BCUT2D eigenvalue weighted by Gasteiger charge is -2.40. The van der Waals surface area contributed by atoms with Crippen LogP contribution in [0, 0.1) is 0 Å². The zero-order valence-electron chi connectivity index (χ0n) is 14.6. The quantitative estimate of drug-likeness (QED) is 0.888. The average Bonchev–Trinajstić information content (AvgIpc) is 3.22. The number of nitrogens with zero attached hydrogens (tertiary/aromatic N) is 3. The molecular weight excluding hydrogens is 328 g/mol. The van der Waals surface area contributed by atoms with Gasteiger partial charge in [0.15, 0.2) is 0 Å². The highest BCUT2D eigenvalue weighted by atomic mass is 32.1. The maximum atomic E-state index is 4.93. The molecule has 0 amide bonds. The summed E-state index contributed by atoms with van der Waals surface area (Å²) in [5.41, 5.74) is 6.82. The van der Waals surface area contributed by atoms with Gasteiger partial charge in [-0.3, -0.25) is 10.4 Å². The van der Waals surface area contributed by atoms with Gasteiger partial charge >= 0.3 is 0 Å². The van der Waals surface area contributed by atoms with Gasteiger partial charge in [-0.2, -0.15) is 0 Å². The van der Waals surface area contributed by atoms with E-state index in [0.29, 0.717) is 5.92 Å². The number of hydrogen-bond acceptors (Lipinski definition) is 5. The van der Waals surface area contributed by atoms with Crippen LogP contribution in [-0.4, -0.2) is 29.0 Å². The maximum Gasteiger partial charge on any atom is 0.0970 e. The van der Waals surface area contributed by atoms with Crippen molar-refractivity contribution in [2.45, 2.75) is 44.6 Å². The van der Waals surface area contributed by atoms with Crippen LogP contribution in [0.1, 0.15) is 43.5 Å². The van der Waals surface area contributed by atoms with Gasteiger partial charge in [-0.25, -0.2) is 4.98 Å². The first-order valence-corrected chi connectivity index (χ1v) is 10.1. The number of anilines is 1. The Morgan fingerprint density at radius 2 is 2.04 bits per heavy atom. The predicted octanol–water partition coefficient (Wildman–Crippen LogP) is 4.38. The topological polar surface area (TPSA) is 31.4 Å². The van der Waals surface area contributed by atoms with Crippen molar-refractivity contribution in [2.75, 3.05) is 18.1 Å². The van der Waals surface area contributed by atoms with Crippen molar-refractivity contribution < 1.29 is 0 Å². The summed E-state index contributed by atoms with van der Waals surface area (Å²) in [6, 6.07) is 7.37. The van der Waals surface area contributed by atoms with Crippen LogP contribution in [0.2, 0.25) is 0 Å². The molecule has 3 aliphatic rings. The summed E-state index contributed by atoms with van der Waals surface area (Å²) in [4.78, 5) is 7.62. The minimum Gasteiger partial charge on any atom is -0.300 e. The lowest BCUT2D eigenvalue weighted by atomic mass is 9.80. The number of aromatic nitrogens is 1. The van der Waals surface area contributed by atoms with Gasteiger partial charge in [0, 0.05) is 23.9 Å². The molecule has 0 spiro atoms. The van der Waals surface area contributed by atoms with Crippen LogP contribution in [0.5, 0.6) is 0 Å². The third-order valence-corrected chi connectivity index (χ3v) is 6.85. The minimum absolute atomic E-state index is 0.671. The summed E-state index contributed by atoms with van der Waals surface area (Å²) in [7, 11) is 0. The molecule has 5 heteroatoms. The van der Waals surface area contributed by atoms with Crippen molar-refractivity contribution in [1.29, 1.82) is 0 Å². The highest BCUT2D eigenvalue weighted by molar-refractivity contribution is 7.18. The third kappa shape index (κ3) is 2.85. The summed E-state index contributed by atoms with van der Waals surface area (Å²) in [6.07, 6.45) is 11.6. The molecule has 2 aliphatic heterocycles. The van der Waals surface area contributed by atoms with Crippen molar-refractivity contribution in [3.05, 3.63) is 47.3 Å². The fraction of sp³-hybridized carbons (Fsp3) is 0.450. The van der Waals surface area contributed by atoms with E-state index in [0.717, 1.165) is 22.9 Å². The van der Waals surface area contributed by atoms with Crippen molar-refractivity contribution in [3.8, 4) is 0 Å². The van der Waals surface area contributed by atoms with E-state index in [4.69, 9.17) is 4.98 Å². The lowest BCUT2D eigenvalue weighted by molar-refractivity contribution is 0.136. The van der Waals surface area contributed by atoms with Gasteiger partial charge in [0.05, 0.1) is 20.9 Å². The van der Waals surface area contributed by atoms with Crippen LogP contribution < -0.4 is 10.4 Å². The van der Waals surface area contributed by atoms with Gasteiger partial charge in [0.25, 0.3) is 0 Å². The summed E-state index contributed by atoms with van der Waals surface area (Å²) in [5, 5.41) is 3.40. The van der Waals surface area contributed by atoms with Crippen molar-refractivity contribution in [1.82, 2.24) is 15.3 Å². The van der Waals surface area contributed by atoms with Gasteiger partial charge < -0.3 is 4.90 Å². The van der Waals surface area contributed by atoms with E-state index in [9.17, 15) is 0 Å². The number of fused-ring (bicyclic) bond motifs is 1. The third-order valence-electron chi connectivity index (χ3n) is 5.66. The number of nitrogens with one attached hydrogen (secondary N) is 1. The Hall–Kier alpha value is -1.85. The molecule has 2 aromatic rings.